The van der Waals surface area contributed by atoms with Gasteiger partial charge in [0.2, 0.25) is 5.88 Å². The van der Waals surface area contributed by atoms with Crippen LogP contribution in [0.2, 0.25) is 15.1 Å². The van der Waals surface area contributed by atoms with Crippen LogP contribution in [0.15, 0.2) is 24.3 Å². The average Bonchev–Trinajstić information content (AvgIpc) is 2.43. The summed E-state index contributed by atoms with van der Waals surface area (Å²) in [7, 11) is 1.48. The van der Waals surface area contributed by atoms with Crippen LogP contribution in [-0.4, -0.2) is 18.4 Å². The van der Waals surface area contributed by atoms with Gasteiger partial charge in [0.05, 0.1) is 22.2 Å². The molecule has 2 aromatic rings. The summed E-state index contributed by atoms with van der Waals surface area (Å²) in [5.74, 6) is 0.358. The second-order valence-electron chi connectivity index (χ2n) is 3.66. The Morgan fingerprint density at radius 1 is 1.16 bits per heavy atom. The molecule has 0 spiro atoms. The van der Waals surface area contributed by atoms with Crippen molar-refractivity contribution in [2.75, 3.05) is 7.11 Å². The SMILES string of the molecule is COc1ccc(-c2cc(Cl)c(Cl)c(Cl)c2)c(C=O)n1. The summed E-state index contributed by atoms with van der Waals surface area (Å²) >= 11 is 17.8. The number of nitrogens with zero attached hydrogens (tertiary/aromatic N) is 1. The molecular formula is C13H8Cl3NO2. The molecule has 19 heavy (non-hydrogen) atoms. The molecule has 0 bridgehead atoms. The number of carbonyl (C=O) groups excluding carboxylic acids is 1. The lowest BCUT2D eigenvalue weighted by atomic mass is 10.0. The van der Waals surface area contributed by atoms with E-state index in [4.69, 9.17) is 39.5 Å². The van der Waals surface area contributed by atoms with Gasteiger partial charge in [-0.1, -0.05) is 34.8 Å². The fourth-order valence-electron chi connectivity index (χ4n) is 1.61. The molecular weight excluding hydrogens is 309 g/mol. The van der Waals surface area contributed by atoms with E-state index in [9.17, 15) is 4.79 Å². The minimum atomic E-state index is 0.244. The first-order valence-corrected chi connectivity index (χ1v) is 6.35. The lowest BCUT2D eigenvalue weighted by Gasteiger charge is -2.08. The van der Waals surface area contributed by atoms with Gasteiger partial charge in [0.25, 0.3) is 0 Å². The molecule has 0 aliphatic rings. The van der Waals surface area contributed by atoms with E-state index in [0.717, 1.165) is 0 Å². The van der Waals surface area contributed by atoms with Crippen LogP contribution >= 0.6 is 34.8 Å². The van der Waals surface area contributed by atoms with Crippen molar-refractivity contribution in [1.29, 1.82) is 0 Å². The van der Waals surface area contributed by atoms with Crippen molar-refractivity contribution < 1.29 is 9.53 Å². The van der Waals surface area contributed by atoms with Crippen molar-refractivity contribution in [3.8, 4) is 17.0 Å². The molecule has 0 unspecified atom stereocenters. The van der Waals surface area contributed by atoms with E-state index in [1.165, 1.54) is 7.11 Å². The van der Waals surface area contributed by atoms with Crippen LogP contribution in [0.1, 0.15) is 10.5 Å². The highest BCUT2D eigenvalue weighted by Gasteiger charge is 2.12. The number of aldehydes is 1. The largest absolute Gasteiger partial charge is 0.481 e. The van der Waals surface area contributed by atoms with Crippen LogP contribution in [-0.2, 0) is 0 Å². The Bertz CT molecular complexity index is 621. The minimum absolute atomic E-state index is 0.244. The van der Waals surface area contributed by atoms with Crippen LogP contribution in [0.3, 0.4) is 0 Å². The smallest absolute Gasteiger partial charge is 0.213 e. The van der Waals surface area contributed by atoms with E-state index in [1.54, 1.807) is 24.3 Å². The summed E-state index contributed by atoms with van der Waals surface area (Å²) < 4.78 is 4.97. The number of methoxy groups -OCH3 is 1. The molecule has 0 radical (unpaired) electrons. The Kier molecular flexibility index (Phi) is 4.30. The normalized spacial score (nSPS) is 10.3. The first-order chi connectivity index (χ1) is 9.06. The van der Waals surface area contributed by atoms with Gasteiger partial charge in [-0.25, -0.2) is 4.98 Å². The van der Waals surface area contributed by atoms with Gasteiger partial charge in [0, 0.05) is 11.6 Å². The molecule has 0 saturated heterocycles. The predicted octanol–water partition coefficient (Wildman–Crippen LogP) is 4.53. The zero-order valence-electron chi connectivity index (χ0n) is 9.78. The van der Waals surface area contributed by atoms with Crippen LogP contribution in [0.25, 0.3) is 11.1 Å². The van der Waals surface area contributed by atoms with Gasteiger partial charge in [-0.2, -0.15) is 0 Å². The Morgan fingerprint density at radius 3 is 2.32 bits per heavy atom. The highest BCUT2D eigenvalue weighted by Crippen LogP contribution is 2.35. The fraction of sp³-hybridized carbons (Fsp3) is 0.0769. The molecule has 2 rings (SSSR count). The standard InChI is InChI=1S/C13H8Cl3NO2/c1-19-12-3-2-8(11(6-18)17-12)7-4-9(14)13(16)10(15)5-7/h2-6H,1H3. The number of aromatic nitrogens is 1. The van der Waals surface area contributed by atoms with Gasteiger partial charge in [0.15, 0.2) is 6.29 Å². The number of halogens is 3. The monoisotopic (exact) mass is 315 g/mol. The molecule has 1 heterocycles. The molecule has 0 atom stereocenters. The van der Waals surface area contributed by atoms with Crippen molar-refractivity contribution in [1.82, 2.24) is 4.98 Å². The summed E-state index contributed by atoms with van der Waals surface area (Å²) in [6.07, 6.45) is 0.647. The molecule has 6 heteroatoms. The summed E-state index contributed by atoms with van der Waals surface area (Å²) in [6, 6.07) is 6.63. The Morgan fingerprint density at radius 2 is 1.79 bits per heavy atom. The molecule has 0 aliphatic heterocycles. The topological polar surface area (TPSA) is 39.2 Å². The van der Waals surface area contributed by atoms with Crippen molar-refractivity contribution in [2.24, 2.45) is 0 Å². The molecule has 0 amide bonds. The summed E-state index contributed by atoms with van der Waals surface area (Å²) in [5.41, 5.74) is 1.52. The average molecular weight is 317 g/mol. The summed E-state index contributed by atoms with van der Waals surface area (Å²) in [4.78, 5) is 15.2. The van der Waals surface area contributed by atoms with Crippen molar-refractivity contribution in [2.45, 2.75) is 0 Å². The number of benzene rings is 1. The lowest BCUT2D eigenvalue weighted by molar-refractivity contribution is 0.111. The van der Waals surface area contributed by atoms with Crippen molar-refractivity contribution in [3.05, 3.63) is 45.0 Å². The quantitative estimate of drug-likeness (QED) is 0.617. The van der Waals surface area contributed by atoms with Gasteiger partial charge in [-0.15, -0.1) is 0 Å². The Balaban J connectivity index is 2.61. The third-order valence-corrected chi connectivity index (χ3v) is 3.71. The molecule has 98 valence electrons. The minimum Gasteiger partial charge on any atom is -0.481 e. The maximum atomic E-state index is 11.1. The van der Waals surface area contributed by atoms with Crippen molar-refractivity contribution in [3.63, 3.8) is 0 Å². The molecule has 1 aromatic carbocycles. The zero-order valence-corrected chi connectivity index (χ0v) is 12.1. The summed E-state index contributed by atoms with van der Waals surface area (Å²) in [6.45, 7) is 0. The predicted molar refractivity (Wildman–Crippen MR) is 76.6 cm³/mol. The molecule has 0 fully saturated rings. The highest BCUT2D eigenvalue weighted by atomic mass is 35.5. The second kappa shape index (κ2) is 5.78. The molecule has 0 saturated carbocycles. The van der Waals surface area contributed by atoms with Gasteiger partial charge >= 0.3 is 0 Å². The fourth-order valence-corrected chi connectivity index (χ4v) is 2.21. The second-order valence-corrected chi connectivity index (χ2v) is 4.85. The van der Waals surface area contributed by atoms with Crippen LogP contribution in [0.5, 0.6) is 5.88 Å². The number of pyridine rings is 1. The number of ether oxygens (including phenoxy) is 1. The molecule has 0 N–H and O–H groups in total. The number of hydrogen-bond donors (Lipinski definition) is 0. The molecule has 0 aliphatic carbocycles. The number of carbonyl (C=O) groups is 1. The molecule has 3 nitrogen and oxygen atoms in total. The van der Waals surface area contributed by atoms with E-state index in [-0.39, 0.29) is 10.7 Å². The highest BCUT2D eigenvalue weighted by molar-refractivity contribution is 6.48. The third-order valence-electron chi connectivity index (χ3n) is 2.51. The van der Waals surface area contributed by atoms with Gasteiger partial charge in [0.1, 0.15) is 5.69 Å². The number of hydrogen-bond acceptors (Lipinski definition) is 3. The van der Waals surface area contributed by atoms with Gasteiger partial charge in [-0.05, 0) is 23.8 Å². The first kappa shape index (κ1) is 14.1. The zero-order chi connectivity index (χ0) is 14.0. The van der Waals surface area contributed by atoms with Gasteiger partial charge in [-0.3, -0.25) is 4.79 Å². The third kappa shape index (κ3) is 2.84. The molecule has 1 aromatic heterocycles. The maximum absolute atomic E-state index is 11.1. The van der Waals surface area contributed by atoms with E-state index in [1.807, 2.05) is 0 Å². The van der Waals surface area contributed by atoms with E-state index in [2.05, 4.69) is 4.98 Å². The Hall–Kier alpha value is -1.29. The van der Waals surface area contributed by atoms with Gasteiger partial charge < -0.3 is 4.74 Å². The first-order valence-electron chi connectivity index (χ1n) is 5.22. The van der Waals surface area contributed by atoms with Crippen LogP contribution in [0.4, 0.5) is 0 Å². The number of rotatable bonds is 3. The van der Waals surface area contributed by atoms with Crippen LogP contribution < -0.4 is 4.74 Å². The van der Waals surface area contributed by atoms with E-state index >= 15 is 0 Å². The van der Waals surface area contributed by atoms with E-state index < -0.39 is 0 Å². The lowest BCUT2D eigenvalue weighted by Crippen LogP contribution is -1.96. The van der Waals surface area contributed by atoms with E-state index in [0.29, 0.717) is 33.3 Å². The summed E-state index contributed by atoms with van der Waals surface area (Å²) in [5, 5.41) is 0.912. The van der Waals surface area contributed by atoms with Crippen LogP contribution in [0, 0.1) is 0 Å². The maximum Gasteiger partial charge on any atom is 0.213 e. The van der Waals surface area contributed by atoms with Crippen molar-refractivity contribution >= 4 is 41.1 Å². The Labute approximate surface area is 125 Å².